The molecule has 1 aromatic carbocycles. The maximum absolute atomic E-state index is 13.2. The summed E-state index contributed by atoms with van der Waals surface area (Å²) in [7, 11) is 0. The number of aromatic carboxylic acids is 1. The smallest absolute Gasteiger partial charge is 0.204 e. The molecular formula is C10H7F4O3-. The molecule has 3 nitrogen and oxygen atoms in total. The van der Waals surface area contributed by atoms with Crippen molar-refractivity contribution >= 4 is 5.97 Å². The highest BCUT2D eigenvalue weighted by molar-refractivity contribution is 5.86. The van der Waals surface area contributed by atoms with E-state index in [0.717, 1.165) is 0 Å². The van der Waals surface area contributed by atoms with Gasteiger partial charge in [-0.15, -0.1) is 0 Å². The molecule has 0 aromatic heterocycles. The third-order valence-electron chi connectivity index (χ3n) is 1.78. The zero-order chi connectivity index (χ0) is 13.3. The van der Waals surface area contributed by atoms with Crippen molar-refractivity contribution in [1.29, 1.82) is 0 Å². The molecule has 0 spiro atoms. The molecule has 0 fully saturated rings. The number of hydrogen-bond acceptors (Lipinski definition) is 3. The summed E-state index contributed by atoms with van der Waals surface area (Å²) < 4.78 is 57.2. The normalized spacial score (nSPS) is 10.8. The van der Waals surface area contributed by atoms with Gasteiger partial charge in [0.25, 0.3) is 0 Å². The first-order valence-electron chi connectivity index (χ1n) is 4.51. The fraction of sp³-hybridized carbons (Fsp3) is 0.300. The lowest BCUT2D eigenvalue weighted by Crippen LogP contribution is -2.27. The van der Waals surface area contributed by atoms with Crippen LogP contribution in [0.1, 0.15) is 24.2 Å². The summed E-state index contributed by atoms with van der Waals surface area (Å²) in [5.41, 5.74) is -1.80. The SMILES string of the molecule is CC(C)Oc1c(F)c(F)c(C(=O)[O-])c(F)c1F. The van der Waals surface area contributed by atoms with E-state index in [-0.39, 0.29) is 0 Å². The number of halogens is 4. The van der Waals surface area contributed by atoms with Crippen LogP contribution in [0.3, 0.4) is 0 Å². The van der Waals surface area contributed by atoms with E-state index in [4.69, 9.17) is 0 Å². The standard InChI is InChI=1S/C10H8F4O3/c1-3(2)17-9-7(13)5(11)4(10(15)16)6(12)8(9)14/h3H,1-2H3,(H,15,16)/p-1. The lowest BCUT2D eigenvalue weighted by atomic mass is 10.1. The number of rotatable bonds is 3. The Morgan fingerprint density at radius 1 is 1.06 bits per heavy atom. The Labute approximate surface area is 93.6 Å². The number of benzene rings is 1. The van der Waals surface area contributed by atoms with Gasteiger partial charge < -0.3 is 14.6 Å². The molecule has 0 bridgehead atoms. The summed E-state index contributed by atoms with van der Waals surface area (Å²) in [5.74, 6) is -11.6. The summed E-state index contributed by atoms with van der Waals surface area (Å²) in [6, 6.07) is 0. The second-order valence-corrected chi connectivity index (χ2v) is 3.41. The predicted molar refractivity (Wildman–Crippen MR) is 46.4 cm³/mol. The number of carbonyl (C=O) groups excluding carboxylic acids is 1. The molecule has 94 valence electrons. The van der Waals surface area contributed by atoms with Gasteiger partial charge in [-0.3, -0.25) is 0 Å². The van der Waals surface area contributed by atoms with Crippen LogP contribution in [-0.2, 0) is 0 Å². The van der Waals surface area contributed by atoms with Gasteiger partial charge in [0, 0.05) is 0 Å². The van der Waals surface area contributed by atoms with E-state index in [0.29, 0.717) is 0 Å². The van der Waals surface area contributed by atoms with Crippen molar-refractivity contribution in [1.82, 2.24) is 0 Å². The predicted octanol–water partition coefficient (Wildman–Crippen LogP) is 1.39. The van der Waals surface area contributed by atoms with Gasteiger partial charge in [-0.25, -0.2) is 8.78 Å². The molecule has 1 rings (SSSR count). The van der Waals surface area contributed by atoms with Crippen LogP contribution in [0, 0.1) is 23.3 Å². The highest BCUT2D eigenvalue weighted by Gasteiger charge is 2.27. The highest BCUT2D eigenvalue weighted by atomic mass is 19.2. The van der Waals surface area contributed by atoms with Crippen molar-refractivity contribution in [3.8, 4) is 5.75 Å². The third kappa shape index (κ3) is 2.32. The summed E-state index contributed by atoms with van der Waals surface area (Å²) >= 11 is 0. The van der Waals surface area contributed by atoms with Crippen LogP contribution in [0.4, 0.5) is 17.6 Å². The molecule has 0 N–H and O–H groups in total. The lowest BCUT2D eigenvalue weighted by molar-refractivity contribution is -0.255. The molecule has 0 aliphatic heterocycles. The molecular weight excluding hydrogens is 244 g/mol. The summed E-state index contributed by atoms with van der Waals surface area (Å²) in [6.07, 6.45) is -0.744. The Morgan fingerprint density at radius 3 is 1.76 bits per heavy atom. The Hall–Kier alpha value is -1.79. The van der Waals surface area contributed by atoms with Gasteiger partial charge in [0.05, 0.1) is 17.6 Å². The van der Waals surface area contributed by atoms with Crippen molar-refractivity contribution in [3.05, 3.63) is 28.8 Å². The average molecular weight is 251 g/mol. The van der Waals surface area contributed by atoms with E-state index in [1.54, 1.807) is 0 Å². The molecule has 0 aliphatic rings. The Morgan fingerprint density at radius 2 is 1.47 bits per heavy atom. The zero-order valence-electron chi connectivity index (χ0n) is 8.81. The zero-order valence-corrected chi connectivity index (χ0v) is 8.81. The van der Waals surface area contributed by atoms with Crippen LogP contribution in [0.15, 0.2) is 0 Å². The molecule has 0 heterocycles. The van der Waals surface area contributed by atoms with E-state index in [1.807, 2.05) is 0 Å². The van der Waals surface area contributed by atoms with E-state index in [1.165, 1.54) is 13.8 Å². The first-order valence-corrected chi connectivity index (χ1v) is 4.51. The van der Waals surface area contributed by atoms with Gasteiger partial charge in [-0.05, 0) is 13.8 Å². The van der Waals surface area contributed by atoms with E-state index >= 15 is 0 Å². The molecule has 7 heteroatoms. The fourth-order valence-corrected chi connectivity index (χ4v) is 1.13. The molecule has 0 atom stereocenters. The van der Waals surface area contributed by atoms with Crippen LogP contribution < -0.4 is 9.84 Å². The quantitative estimate of drug-likeness (QED) is 0.602. The third-order valence-corrected chi connectivity index (χ3v) is 1.78. The van der Waals surface area contributed by atoms with Gasteiger partial charge in [-0.2, -0.15) is 8.78 Å². The second-order valence-electron chi connectivity index (χ2n) is 3.41. The average Bonchev–Trinajstić information content (AvgIpc) is 2.21. The number of carboxylic acid groups (broad SMARTS) is 1. The van der Waals surface area contributed by atoms with E-state index in [2.05, 4.69) is 4.74 Å². The lowest BCUT2D eigenvalue weighted by Gasteiger charge is -2.15. The van der Waals surface area contributed by atoms with Gasteiger partial charge in [0.15, 0.2) is 17.4 Å². The van der Waals surface area contributed by atoms with Crippen molar-refractivity contribution in [2.24, 2.45) is 0 Å². The molecule has 1 aromatic rings. The molecule has 0 amide bonds. The van der Waals surface area contributed by atoms with Gasteiger partial charge >= 0.3 is 0 Å². The van der Waals surface area contributed by atoms with Crippen molar-refractivity contribution < 1.29 is 32.2 Å². The minimum atomic E-state index is -2.35. The largest absolute Gasteiger partial charge is 0.545 e. The monoisotopic (exact) mass is 251 g/mol. The molecule has 17 heavy (non-hydrogen) atoms. The summed E-state index contributed by atoms with van der Waals surface area (Å²) in [4.78, 5) is 10.3. The number of ether oxygens (including phenoxy) is 1. The van der Waals surface area contributed by atoms with Crippen LogP contribution >= 0.6 is 0 Å². The number of carboxylic acids is 1. The molecule has 0 saturated carbocycles. The second kappa shape index (κ2) is 4.60. The van der Waals surface area contributed by atoms with Crippen LogP contribution in [0.2, 0.25) is 0 Å². The number of hydrogen-bond donors (Lipinski definition) is 0. The molecule has 0 aliphatic carbocycles. The Kier molecular flexibility index (Phi) is 3.59. The maximum Gasteiger partial charge on any atom is 0.204 e. The molecule has 0 radical (unpaired) electrons. The minimum Gasteiger partial charge on any atom is -0.545 e. The topological polar surface area (TPSA) is 49.4 Å². The Balaban J connectivity index is 3.52. The van der Waals surface area contributed by atoms with Crippen molar-refractivity contribution in [2.45, 2.75) is 20.0 Å². The molecule has 0 saturated heterocycles. The van der Waals surface area contributed by atoms with Gasteiger partial charge in [0.1, 0.15) is 0 Å². The van der Waals surface area contributed by atoms with Crippen LogP contribution in [-0.4, -0.2) is 12.1 Å². The van der Waals surface area contributed by atoms with Crippen LogP contribution in [0.5, 0.6) is 5.75 Å². The summed E-state index contributed by atoms with van der Waals surface area (Å²) in [6.45, 7) is 2.75. The number of carbonyl (C=O) groups is 1. The van der Waals surface area contributed by atoms with Crippen molar-refractivity contribution in [2.75, 3.05) is 0 Å². The highest BCUT2D eigenvalue weighted by Crippen LogP contribution is 2.30. The van der Waals surface area contributed by atoms with Crippen LogP contribution in [0.25, 0.3) is 0 Å². The first kappa shape index (κ1) is 13.3. The summed E-state index contributed by atoms with van der Waals surface area (Å²) in [5, 5.41) is 10.3. The fourth-order valence-electron chi connectivity index (χ4n) is 1.13. The van der Waals surface area contributed by atoms with Gasteiger partial charge in [0.2, 0.25) is 11.6 Å². The van der Waals surface area contributed by atoms with E-state index in [9.17, 15) is 27.5 Å². The molecule has 0 unspecified atom stereocenters. The van der Waals surface area contributed by atoms with Gasteiger partial charge in [-0.1, -0.05) is 0 Å². The van der Waals surface area contributed by atoms with Crippen molar-refractivity contribution in [3.63, 3.8) is 0 Å². The first-order chi connectivity index (χ1) is 7.77. The minimum absolute atomic E-state index is 0.744. The Bertz CT molecular complexity index is 442. The van der Waals surface area contributed by atoms with E-state index < -0.39 is 46.7 Å². The maximum atomic E-state index is 13.2.